The molecule has 0 atom stereocenters. The first-order valence-electron chi connectivity index (χ1n) is 6.28. The van der Waals surface area contributed by atoms with E-state index in [-0.39, 0.29) is 0 Å². The molecular weight excluding hydrogens is 272 g/mol. The van der Waals surface area contributed by atoms with Crippen molar-refractivity contribution in [3.8, 4) is 0 Å². The molecule has 2 rings (SSSR count). The fourth-order valence-electron chi connectivity index (χ4n) is 1.95. The molecule has 0 spiro atoms. The lowest BCUT2D eigenvalue weighted by atomic mass is 10.1. The van der Waals surface area contributed by atoms with Crippen LogP contribution in [0.4, 0.5) is 11.4 Å². The third-order valence-corrected chi connectivity index (χ3v) is 4.24. The van der Waals surface area contributed by atoms with Crippen molar-refractivity contribution in [1.82, 2.24) is 0 Å². The molecule has 0 radical (unpaired) electrons. The molecule has 1 aromatic carbocycles. The minimum atomic E-state index is -0.415. The first kappa shape index (κ1) is 14.4. The molecule has 0 amide bonds. The lowest BCUT2D eigenvalue weighted by molar-refractivity contribution is 0.0602. The third-order valence-electron chi connectivity index (χ3n) is 3.21. The lowest BCUT2D eigenvalue weighted by Gasteiger charge is -2.12. The summed E-state index contributed by atoms with van der Waals surface area (Å²) in [5, 5.41) is 5.39. The molecule has 0 aliphatic rings. The van der Waals surface area contributed by atoms with Crippen LogP contribution in [0.1, 0.15) is 26.4 Å². The normalized spacial score (nSPS) is 10.3. The van der Waals surface area contributed by atoms with E-state index in [1.165, 1.54) is 17.6 Å². The van der Waals surface area contributed by atoms with Gasteiger partial charge in [0.25, 0.3) is 0 Å². The van der Waals surface area contributed by atoms with Gasteiger partial charge < -0.3 is 15.8 Å². The SMILES string of the molecule is COC(=O)c1cc(NCc2sccc2C)cc(C)c1N. The Morgan fingerprint density at radius 1 is 1.35 bits per heavy atom. The Hall–Kier alpha value is -2.01. The fraction of sp³-hybridized carbons (Fsp3) is 0.267. The van der Waals surface area contributed by atoms with Gasteiger partial charge in [-0.25, -0.2) is 4.79 Å². The van der Waals surface area contributed by atoms with Gasteiger partial charge in [-0.3, -0.25) is 0 Å². The number of methoxy groups -OCH3 is 1. The summed E-state index contributed by atoms with van der Waals surface area (Å²) in [5.74, 6) is -0.415. The van der Waals surface area contributed by atoms with E-state index in [2.05, 4.69) is 23.7 Å². The maximum atomic E-state index is 11.7. The summed E-state index contributed by atoms with van der Waals surface area (Å²) in [6.45, 7) is 4.69. The van der Waals surface area contributed by atoms with Crippen LogP contribution in [0.25, 0.3) is 0 Å². The van der Waals surface area contributed by atoms with Crippen LogP contribution in [0.3, 0.4) is 0 Å². The second kappa shape index (κ2) is 5.96. The van der Waals surface area contributed by atoms with Crippen LogP contribution in [0.2, 0.25) is 0 Å². The Balaban J connectivity index is 2.22. The van der Waals surface area contributed by atoms with Gasteiger partial charge in [-0.1, -0.05) is 0 Å². The van der Waals surface area contributed by atoms with Gasteiger partial charge in [0.2, 0.25) is 0 Å². The number of nitrogens with two attached hydrogens (primary N) is 1. The summed E-state index contributed by atoms with van der Waals surface area (Å²) in [5.41, 5.74) is 9.78. The Labute approximate surface area is 122 Å². The number of hydrogen-bond donors (Lipinski definition) is 2. The van der Waals surface area contributed by atoms with Crippen molar-refractivity contribution in [2.75, 3.05) is 18.2 Å². The maximum absolute atomic E-state index is 11.7. The molecule has 1 aromatic heterocycles. The number of rotatable bonds is 4. The highest BCUT2D eigenvalue weighted by molar-refractivity contribution is 7.10. The van der Waals surface area contributed by atoms with Gasteiger partial charge in [0.05, 0.1) is 12.7 Å². The molecule has 3 N–H and O–H groups in total. The third kappa shape index (κ3) is 2.93. The van der Waals surface area contributed by atoms with E-state index < -0.39 is 5.97 Å². The van der Waals surface area contributed by atoms with Gasteiger partial charge in [0.1, 0.15) is 0 Å². The van der Waals surface area contributed by atoms with Gasteiger partial charge in [0.15, 0.2) is 0 Å². The smallest absolute Gasteiger partial charge is 0.340 e. The van der Waals surface area contributed by atoms with Crippen molar-refractivity contribution in [3.05, 3.63) is 45.1 Å². The Bertz CT molecular complexity index is 635. The second-order valence-electron chi connectivity index (χ2n) is 4.63. The molecule has 2 aromatic rings. The Morgan fingerprint density at radius 2 is 2.10 bits per heavy atom. The number of benzene rings is 1. The number of anilines is 2. The second-order valence-corrected chi connectivity index (χ2v) is 5.63. The highest BCUT2D eigenvalue weighted by atomic mass is 32.1. The van der Waals surface area contributed by atoms with Crippen molar-refractivity contribution in [1.29, 1.82) is 0 Å². The largest absolute Gasteiger partial charge is 0.465 e. The molecule has 0 fully saturated rings. The maximum Gasteiger partial charge on any atom is 0.340 e. The summed E-state index contributed by atoms with van der Waals surface area (Å²) >= 11 is 1.71. The minimum absolute atomic E-state index is 0.401. The number of thiophene rings is 1. The number of carbonyl (C=O) groups is 1. The predicted octanol–water partition coefficient (Wildman–Crippen LogP) is 3.35. The molecule has 1 heterocycles. The van der Waals surface area contributed by atoms with E-state index in [0.717, 1.165) is 17.8 Å². The highest BCUT2D eigenvalue weighted by Crippen LogP contribution is 2.25. The molecule has 0 aliphatic carbocycles. The first-order valence-corrected chi connectivity index (χ1v) is 7.16. The van der Waals surface area contributed by atoms with Crippen molar-refractivity contribution in [2.24, 2.45) is 0 Å². The van der Waals surface area contributed by atoms with E-state index in [4.69, 9.17) is 10.5 Å². The van der Waals surface area contributed by atoms with Crippen LogP contribution >= 0.6 is 11.3 Å². The quantitative estimate of drug-likeness (QED) is 0.669. The van der Waals surface area contributed by atoms with Crippen LogP contribution in [0.5, 0.6) is 0 Å². The molecule has 4 nitrogen and oxygen atoms in total. The number of ether oxygens (including phenoxy) is 1. The Kier molecular flexibility index (Phi) is 4.29. The molecule has 0 saturated carbocycles. The number of nitrogen functional groups attached to an aromatic ring is 1. The van der Waals surface area contributed by atoms with Crippen LogP contribution < -0.4 is 11.1 Å². The van der Waals surface area contributed by atoms with Crippen LogP contribution in [-0.4, -0.2) is 13.1 Å². The molecule has 0 saturated heterocycles. The van der Waals surface area contributed by atoms with Gasteiger partial charge in [-0.2, -0.15) is 0 Å². The van der Waals surface area contributed by atoms with E-state index in [1.54, 1.807) is 17.4 Å². The van der Waals surface area contributed by atoms with Gasteiger partial charge >= 0.3 is 5.97 Å². The van der Waals surface area contributed by atoms with Crippen LogP contribution in [-0.2, 0) is 11.3 Å². The van der Waals surface area contributed by atoms with Gasteiger partial charge in [0, 0.05) is 22.8 Å². The topological polar surface area (TPSA) is 64.3 Å². The molecule has 20 heavy (non-hydrogen) atoms. The van der Waals surface area contributed by atoms with Crippen LogP contribution in [0, 0.1) is 13.8 Å². The average Bonchev–Trinajstić information content (AvgIpc) is 2.84. The van der Waals surface area contributed by atoms with Crippen molar-refractivity contribution < 1.29 is 9.53 Å². The van der Waals surface area contributed by atoms with E-state index in [9.17, 15) is 4.79 Å². The summed E-state index contributed by atoms with van der Waals surface area (Å²) in [6.07, 6.45) is 0. The summed E-state index contributed by atoms with van der Waals surface area (Å²) in [4.78, 5) is 13.0. The fourth-order valence-corrected chi connectivity index (χ4v) is 2.79. The zero-order valence-electron chi connectivity index (χ0n) is 11.8. The standard InChI is InChI=1S/C15H18N2O2S/c1-9-4-5-20-13(9)8-17-11-6-10(2)14(16)12(7-11)15(18)19-3/h4-7,17H,8,16H2,1-3H3. The molecule has 0 bridgehead atoms. The Morgan fingerprint density at radius 3 is 2.70 bits per heavy atom. The number of nitrogens with one attached hydrogen (secondary N) is 1. The van der Waals surface area contributed by atoms with Crippen molar-refractivity contribution in [3.63, 3.8) is 0 Å². The monoisotopic (exact) mass is 290 g/mol. The van der Waals surface area contributed by atoms with E-state index in [0.29, 0.717) is 11.3 Å². The van der Waals surface area contributed by atoms with Gasteiger partial charge in [-0.15, -0.1) is 11.3 Å². The first-order chi connectivity index (χ1) is 9.52. The number of esters is 1. The zero-order chi connectivity index (χ0) is 14.7. The van der Waals surface area contributed by atoms with Crippen LogP contribution in [0.15, 0.2) is 23.6 Å². The number of hydrogen-bond acceptors (Lipinski definition) is 5. The summed E-state index contributed by atoms with van der Waals surface area (Å²) in [7, 11) is 1.35. The summed E-state index contributed by atoms with van der Waals surface area (Å²) < 4.78 is 4.75. The predicted molar refractivity (Wildman–Crippen MR) is 83.3 cm³/mol. The van der Waals surface area contributed by atoms with Gasteiger partial charge in [-0.05, 0) is 48.6 Å². The zero-order valence-corrected chi connectivity index (χ0v) is 12.6. The molecule has 106 valence electrons. The molecular formula is C15H18N2O2S. The molecule has 5 heteroatoms. The van der Waals surface area contributed by atoms with E-state index in [1.807, 2.05) is 13.0 Å². The summed E-state index contributed by atoms with van der Waals surface area (Å²) in [6, 6.07) is 5.76. The number of aryl methyl sites for hydroxylation is 2. The highest BCUT2D eigenvalue weighted by Gasteiger charge is 2.13. The average molecular weight is 290 g/mol. The van der Waals surface area contributed by atoms with E-state index >= 15 is 0 Å². The number of carbonyl (C=O) groups excluding carboxylic acids is 1. The molecule has 0 unspecified atom stereocenters. The minimum Gasteiger partial charge on any atom is -0.465 e. The lowest BCUT2D eigenvalue weighted by Crippen LogP contribution is -2.09. The van der Waals surface area contributed by atoms with Crippen molar-refractivity contribution in [2.45, 2.75) is 20.4 Å². The molecule has 0 aliphatic heterocycles. The van der Waals surface area contributed by atoms with Crippen molar-refractivity contribution >= 4 is 28.7 Å².